The third kappa shape index (κ3) is 2.83. The number of aromatic nitrogens is 2. The molecule has 1 aromatic heterocycles. The second-order valence-electron chi connectivity index (χ2n) is 3.50. The minimum atomic E-state index is -1.23. The van der Waals surface area contributed by atoms with Crippen LogP contribution in [0.25, 0.3) is 0 Å². The first-order valence-electron chi connectivity index (χ1n) is 5.09. The SMILES string of the molecule is O=C(O)c1ccc(NCc2ncon2)c([N+](=O)[O-])c1. The number of anilines is 1. The van der Waals surface area contributed by atoms with E-state index >= 15 is 0 Å². The summed E-state index contributed by atoms with van der Waals surface area (Å²) < 4.78 is 4.52. The number of benzene rings is 1. The van der Waals surface area contributed by atoms with Gasteiger partial charge in [0, 0.05) is 6.07 Å². The molecule has 0 saturated carbocycles. The van der Waals surface area contributed by atoms with Gasteiger partial charge >= 0.3 is 5.97 Å². The van der Waals surface area contributed by atoms with Crippen molar-refractivity contribution in [3.63, 3.8) is 0 Å². The van der Waals surface area contributed by atoms with Gasteiger partial charge < -0.3 is 14.9 Å². The average molecular weight is 264 g/mol. The maximum absolute atomic E-state index is 10.9. The van der Waals surface area contributed by atoms with E-state index < -0.39 is 10.9 Å². The highest BCUT2D eigenvalue weighted by Crippen LogP contribution is 2.25. The van der Waals surface area contributed by atoms with E-state index in [2.05, 4.69) is 20.0 Å². The highest BCUT2D eigenvalue weighted by atomic mass is 16.6. The summed E-state index contributed by atoms with van der Waals surface area (Å²) in [6, 6.07) is 3.58. The van der Waals surface area contributed by atoms with Crippen LogP contribution < -0.4 is 5.32 Å². The Hall–Kier alpha value is -2.97. The van der Waals surface area contributed by atoms with Crippen LogP contribution in [0.5, 0.6) is 0 Å². The zero-order valence-electron chi connectivity index (χ0n) is 9.44. The summed E-state index contributed by atoms with van der Waals surface area (Å²) in [5, 5.41) is 25.9. The number of carboxylic acids is 1. The van der Waals surface area contributed by atoms with Gasteiger partial charge in [-0.15, -0.1) is 0 Å². The van der Waals surface area contributed by atoms with E-state index in [9.17, 15) is 14.9 Å². The molecule has 0 unspecified atom stereocenters. The molecular formula is C10H8N4O5. The fourth-order valence-corrected chi connectivity index (χ4v) is 1.41. The molecule has 1 heterocycles. The van der Waals surface area contributed by atoms with E-state index in [0.717, 1.165) is 12.5 Å². The summed E-state index contributed by atoms with van der Waals surface area (Å²) in [5.41, 5.74) is -0.306. The number of carboxylic acid groups (broad SMARTS) is 1. The molecule has 9 heteroatoms. The Bertz CT molecular complexity index is 610. The number of hydrogen-bond donors (Lipinski definition) is 2. The van der Waals surface area contributed by atoms with Crippen LogP contribution in [0.1, 0.15) is 16.2 Å². The Morgan fingerprint density at radius 2 is 2.32 bits per heavy atom. The van der Waals surface area contributed by atoms with Gasteiger partial charge in [-0.25, -0.2) is 4.79 Å². The molecule has 0 bridgehead atoms. The second kappa shape index (κ2) is 5.12. The highest BCUT2D eigenvalue weighted by molar-refractivity contribution is 5.89. The normalized spacial score (nSPS) is 10.1. The number of hydrogen-bond acceptors (Lipinski definition) is 7. The minimum absolute atomic E-state index is 0.129. The number of aromatic carboxylic acids is 1. The Balaban J connectivity index is 2.24. The molecular weight excluding hydrogens is 256 g/mol. The van der Waals surface area contributed by atoms with Gasteiger partial charge in [-0.2, -0.15) is 4.98 Å². The zero-order chi connectivity index (χ0) is 13.8. The molecule has 2 N–H and O–H groups in total. The number of nitrogens with one attached hydrogen (secondary N) is 1. The summed E-state index contributed by atoms with van der Waals surface area (Å²) >= 11 is 0. The first-order valence-corrected chi connectivity index (χ1v) is 5.09. The zero-order valence-corrected chi connectivity index (χ0v) is 9.44. The Labute approximate surface area is 106 Å². The topological polar surface area (TPSA) is 131 Å². The molecule has 0 aliphatic rings. The summed E-state index contributed by atoms with van der Waals surface area (Å²) in [6.07, 6.45) is 1.14. The summed E-state index contributed by atoms with van der Waals surface area (Å²) in [7, 11) is 0. The molecule has 98 valence electrons. The van der Waals surface area contributed by atoms with E-state index in [1.54, 1.807) is 0 Å². The Morgan fingerprint density at radius 3 is 2.89 bits per heavy atom. The van der Waals surface area contributed by atoms with Crippen molar-refractivity contribution < 1.29 is 19.3 Å². The summed E-state index contributed by atoms with van der Waals surface area (Å²) in [5.74, 6) is -0.899. The van der Waals surface area contributed by atoms with Gasteiger partial charge in [-0.1, -0.05) is 5.16 Å². The average Bonchev–Trinajstić information content (AvgIpc) is 2.89. The number of nitrogens with zero attached hydrogens (tertiary/aromatic N) is 3. The van der Waals surface area contributed by atoms with Gasteiger partial charge in [0.25, 0.3) is 5.69 Å². The number of rotatable bonds is 5. The molecule has 19 heavy (non-hydrogen) atoms. The molecule has 0 radical (unpaired) electrons. The molecule has 2 rings (SSSR count). The minimum Gasteiger partial charge on any atom is -0.478 e. The third-order valence-corrected chi connectivity index (χ3v) is 2.29. The van der Waals surface area contributed by atoms with E-state index in [0.29, 0.717) is 5.82 Å². The van der Waals surface area contributed by atoms with Crippen molar-refractivity contribution in [3.8, 4) is 0 Å². The van der Waals surface area contributed by atoms with Crippen LogP contribution in [0.15, 0.2) is 29.1 Å². The lowest BCUT2D eigenvalue weighted by molar-refractivity contribution is -0.384. The van der Waals surface area contributed by atoms with Crippen LogP contribution in [-0.4, -0.2) is 26.1 Å². The molecule has 0 aliphatic heterocycles. The maximum atomic E-state index is 10.9. The Kier molecular flexibility index (Phi) is 3.37. The van der Waals surface area contributed by atoms with Crippen LogP contribution >= 0.6 is 0 Å². The molecule has 1 aromatic carbocycles. The lowest BCUT2D eigenvalue weighted by atomic mass is 10.1. The number of carbonyl (C=O) groups is 1. The smallest absolute Gasteiger partial charge is 0.335 e. The lowest BCUT2D eigenvalue weighted by Crippen LogP contribution is -2.05. The summed E-state index contributed by atoms with van der Waals surface area (Å²) in [6.45, 7) is 0.129. The van der Waals surface area contributed by atoms with E-state index in [-0.39, 0.29) is 23.5 Å². The van der Waals surface area contributed by atoms with Gasteiger partial charge in [0.1, 0.15) is 5.69 Å². The van der Waals surface area contributed by atoms with Crippen molar-refractivity contribution in [3.05, 3.63) is 46.1 Å². The molecule has 0 atom stereocenters. The van der Waals surface area contributed by atoms with Crippen LogP contribution in [-0.2, 0) is 6.54 Å². The number of nitro benzene ring substituents is 1. The molecule has 9 nitrogen and oxygen atoms in total. The van der Waals surface area contributed by atoms with Gasteiger partial charge in [-0.3, -0.25) is 10.1 Å². The van der Waals surface area contributed by atoms with Gasteiger partial charge in [-0.05, 0) is 12.1 Å². The van der Waals surface area contributed by atoms with Gasteiger partial charge in [0.2, 0.25) is 6.39 Å². The van der Waals surface area contributed by atoms with Gasteiger partial charge in [0.15, 0.2) is 5.82 Å². The van der Waals surface area contributed by atoms with Crippen molar-refractivity contribution in [2.75, 3.05) is 5.32 Å². The van der Waals surface area contributed by atoms with Crippen molar-refractivity contribution in [2.45, 2.75) is 6.54 Å². The first kappa shape index (κ1) is 12.5. The number of nitro groups is 1. The van der Waals surface area contributed by atoms with Crippen molar-refractivity contribution in [2.24, 2.45) is 0 Å². The molecule has 0 aliphatic carbocycles. The van der Waals surface area contributed by atoms with Crippen LogP contribution in [0.2, 0.25) is 0 Å². The fourth-order valence-electron chi connectivity index (χ4n) is 1.41. The van der Waals surface area contributed by atoms with Crippen LogP contribution in [0, 0.1) is 10.1 Å². The van der Waals surface area contributed by atoms with E-state index in [1.165, 1.54) is 12.1 Å². The Morgan fingerprint density at radius 1 is 1.53 bits per heavy atom. The summed E-state index contributed by atoms with van der Waals surface area (Å²) in [4.78, 5) is 24.7. The quantitative estimate of drug-likeness (QED) is 0.609. The van der Waals surface area contributed by atoms with Crippen LogP contribution in [0.3, 0.4) is 0 Å². The molecule has 2 aromatic rings. The van der Waals surface area contributed by atoms with Crippen LogP contribution in [0.4, 0.5) is 11.4 Å². The van der Waals surface area contributed by atoms with Gasteiger partial charge in [0.05, 0.1) is 17.0 Å². The first-order chi connectivity index (χ1) is 9.08. The van der Waals surface area contributed by atoms with E-state index in [1.807, 2.05) is 0 Å². The maximum Gasteiger partial charge on any atom is 0.335 e. The van der Waals surface area contributed by atoms with Crippen molar-refractivity contribution in [1.29, 1.82) is 0 Å². The molecule has 0 fully saturated rings. The predicted octanol–water partition coefficient (Wildman–Crippen LogP) is 1.29. The monoisotopic (exact) mass is 264 g/mol. The van der Waals surface area contributed by atoms with Crippen molar-refractivity contribution in [1.82, 2.24) is 10.1 Å². The predicted molar refractivity (Wildman–Crippen MR) is 61.7 cm³/mol. The molecule has 0 amide bonds. The molecule has 0 spiro atoms. The lowest BCUT2D eigenvalue weighted by Gasteiger charge is -2.05. The highest BCUT2D eigenvalue weighted by Gasteiger charge is 2.17. The van der Waals surface area contributed by atoms with Crippen molar-refractivity contribution >= 4 is 17.3 Å². The standard InChI is InChI=1S/C10H8N4O5/c15-10(16)6-1-2-7(8(3-6)14(17)18)11-4-9-12-5-19-13-9/h1-3,5,11H,4H2,(H,15,16). The molecule has 0 saturated heterocycles. The second-order valence-corrected chi connectivity index (χ2v) is 3.50. The largest absolute Gasteiger partial charge is 0.478 e. The fraction of sp³-hybridized carbons (Fsp3) is 0.100. The van der Waals surface area contributed by atoms with E-state index in [4.69, 9.17) is 5.11 Å². The third-order valence-electron chi connectivity index (χ3n) is 2.29.